The van der Waals surface area contributed by atoms with Gasteiger partial charge in [-0.25, -0.2) is 27.4 Å². The van der Waals surface area contributed by atoms with E-state index in [1.807, 2.05) is 11.9 Å². The van der Waals surface area contributed by atoms with Crippen LogP contribution in [0.25, 0.3) is 10.9 Å². The molecule has 1 N–H and O–H groups in total. The summed E-state index contributed by atoms with van der Waals surface area (Å²) in [5.41, 5.74) is 0.621. The lowest BCUT2D eigenvalue weighted by Gasteiger charge is -2.31. The van der Waals surface area contributed by atoms with Gasteiger partial charge in [-0.2, -0.15) is 0 Å². The smallest absolute Gasteiger partial charge is 0.266 e. The number of fused-ring (bicyclic) bond motifs is 1. The third-order valence-electron chi connectivity index (χ3n) is 6.13. The van der Waals surface area contributed by atoms with E-state index >= 15 is 0 Å². The molecule has 1 aliphatic heterocycles. The topological polar surface area (TPSA) is 71.0 Å². The fourth-order valence-corrected chi connectivity index (χ4v) is 7.94. The van der Waals surface area contributed by atoms with E-state index in [0.29, 0.717) is 40.3 Å². The third kappa shape index (κ3) is 4.95. The molecular formula is C23H25F3N5OPS. The van der Waals surface area contributed by atoms with Crippen molar-refractivity contribution in [1.29, 1.82) is 0 Å². The minimum atomic E-state index is -2.89. The number of aryl methyl sites for hydroxylation is 1. The zero-order valence-electron chi connectivity index (χ0n) is 18.7. The predicted molar refractivity (Wildman–Crippen MR) is 130 cm³/mol. The Labute approximate surface area is 200 Å². The van der Waals surface area contributed by atoms with Crippen LogP contribution in [0.3, 0.4) is 0 Å². The number of anilines is 1. The average molecular weight is 508 g/mol. The second kappa shape index (κ2) is 9.47. The van der Waals surface area contributed by atoms with E-state index in [0.717, 1.165) is 24.4 Å². The van der Waals surface area contributed by atoms with Gasteiger partial charge in [-0.15, -0.1) is 0 Å². The quantitative estimate of drug-likeness (QED) is 0.351. The fourth-order valence-electron chi connectivity index (χ4n) is 4.07. The van der Waals surface area contributed by atoms with Crippen molar-refractivity contribution in [2.45, 2.75) is 38.0 Å². The molecule has 2 aliphatic rings. The number of hydrogen-bond donors (Lipinski definition) is 1. The Morgan fingerprint density at radius 1 is 1.24 bits per heavy atom. The minimum Gasteiger partial charge on any atom is -0.365 e. The maximum absolute atomic E-state index is 14.5. The normalized spacial score (nSPS) is 18.5. The molecule has 1 saturated carbocycles. The molecule has 34 heavy (non-hydrogen) atoms. The summed E-state index contributed by atoms with van der Waals surface area (Å²) in [6.45, 7) is 3.24. The number of hydrogen-bond acceptors (Lipinski definition) is 7. The maximum atomic E-state index is 14.5. The average Bonchev–Trinajstić information content (AvgIpc) is 3.63. The van der Waals surface area contributed by atoms with Crippen LogP contribution >= 0.6 is 19.1 Å². The molecular weight excluding hydrogens is 482 g/mol. The third-order valence-corrected chi connectivity index (χ3v) is 10.5. The predicted octanol–water partition coefficient (Wildman–Crippen LogP) is 5.14. The molecule has 6 nitrogen and oxygen atoms in total. The lowest BCUT2D eigenvalue weighted by atomic mass is 10.1. The molecule has 3 aromatic rings. The van der Waals surface area contributed by atoms with Crippen LogP contribution in [0.1, 0.15) is 36.2 Å². The number of nitrogens with zero attached hydrogens (tertiary/aromatic N) is 4. The van der Waals surface area contributed by atoms with Crippen LogP contribution in [0.5, 0.6) is 0 Å². The van der Waals surface area contributed by atoms with Gasteiger partial charge >= 0.3 is 0 Å². The molecule has 1 aliphatic carbocycles. The Morgan fingerprint density at radius 3 is 2.71 bits per heavy atom. The van der Waals surface area contributed by atoms with Crippen LogP contribution in [-0.2, 0) is 11.1 Å². The highest BCUT2D eigenvalue weighted by molar-refractivity contribution is 7.98. The van der Waals surface area contributed by atoms with Crippen molar-refractivity contribution in [3.63, 3.8) is 0 Å². The summed E-state index contributed by atoms with van der Waals surface area (Å²) >= 11 is 1.88. The molecule has 0 amide bonds. The van der Waals surface area contributed by atoms with Crippen molar-refractivity contribution in [3.05, 3.63) is 53.2 Å². The lowest BCUT2D eigenvalue weighted by molar-refractivity contribution is 0.146. The van der Waals surface area contributed by atoms with Crippen LogP contribution in [0.4, 0.5) is 19.0 Å². The summed E-state index contributed by atoms with van der Waals surface area (Å²) in [5.74, 6) is -0.00590. The van der Waals surface area contributed by atoms with Gasteiger partial charge in [0, 0.05) is 48.2 Å². The van der Waals surface area contributed by atoms with E-state index in [2.05, 4.69) is 24.6 Å². The lowest BCUT2D eigenvalue weighted by Crippen LogP contribution is -2.33. The van der Waals surface area contributed by atoms with Gasteiger partial charge in [0.25, 0.3) is 6.43 Å². The number of pyridine rings is 1. The van der Waals surface area contributed by atoms with Gasteiger partial charge in [-0.1, -0.05) is 30.1 Å². The Morgan fingerprint density at radius 2 is 2.00 bits per heavy atom. The van der Waals surface area contributed by atoms with Crippen LogP contribution in [0.15, 0.2) is 30.5 Å². The van der Waals surface area contributed by atoms with Crippen molar-refractivity contribution in [1.82, 2.24) is 19.3 Å². The first-order valence-electron chi connectivity index (χ1n) is 11.3. The monoisotopic (exact) mass is 507 g/mol. The van der Waals surface area contributed by atoms with Gasteiger partial charge in [0.05, 0.1) is 17.3 Å². The Bertz CT molecular complexity index is 1260. The molecule has 1 aromatic carbocycles. The molecule has 11 heteroatoms. The molecule has 0 bridgehead atoms. The van der Waals surface area contributed by atoms with Crippen LogP contribution in [-0.4, -0.2) is 49.9 Å². The van der Waals surface area contributed by atoms with E-state index in [1.54, 1.807) is 19.2 Å². The van der Waals surface area contributed by atoms with Gasteiger partial charge in [0.2, 0.25) is 0 Å². The Hall–Kier alpha value is -2.16. The van der Waals surface area contributed by atoms with Gasteiger partial charge in [-0.05, 0) is 25.8 Å². The molecule has 5 rings (SSSR count). The van der Waals surface area contributed by atoms with Crippen molar-refractivity contribution in [2.75, 3.05) is 30.7 Å². The SMILES string of the molecule is Cc1nc(NCc2cccc(C(F)F)c2F)c2cc(P3(=O)CCN(SC4CC4)CC3)ncc2n1. The molecule has 0 unspecified atom stereocenters. The molecule has 2 fully saturated rings. The molecule has 0 radical (unpaired) electrons. The number of aromatic nitrogens is 3. The van der Waals surface area contributed by atoms with Gasteiger partial charge < -0.3 is 9.88 Å². The van der Waals surface area contributed by atoms with E-state index in [-0.39, 0.29) is 12.1 Å². The summed E-state index contributed by atoms with van der Waals surface area (Å²) in [4.78, 5) is 13.4. The maximum Gasteiger partial charge on any atom is 0.266 e. The van der Waals surface area contributed by atoms with Gasteiger partial charge in [0.1, 0.15) is 30.0 Å². The van der Waals surface area contributed by atoms with E-state index < -0.39 is 24.9 Å². The Kier molecular flexibility index (Phi) is 6.57. The first kappa shape index (κ1) is 23.6. The standard InChI is InChI=1S/C23H25F3N5OPS/c1-14-29-19-13-27-20(33(32)9-7-31(8-10-33)34-16-5-6-16)11-18(19)23(30-14)28-12-15-3-2-4-17(21(15)24)22(25)26/h2-4,11,13,16,22H,5-10,12H2,1H3,(H,28,29,30). The van der Waals surface area contributed by atoms with E-state index in [9.17, 15) is 17.7 Å². The first-order valence-corrected chi connectivity index (χ1v) is 14.2. The molecule has 3 heterocycles. The second-order valence-electron chi connectivity index (χ2n) is 8.72. The Balaban J connectivity index is 1.40. The number of rotatable bonds is 7. The molecule has 0 spiro atoms. The van der Waals surface area contributed by atoms with E-state index in [1.165, 1.54) is 25.0 Å². The van der Waals surface area contributed by atoms with Crippen LogP contribution in [0.2, 0.25) is 0 Å². The first-order chi connectivity index (χ1) is 16.3. The van der Waals surface area contributed by atoms with Crippen molar-refractivity contribution in [3.8, 4) is 0 Å². The summed E-state index contributed by atoms with van der Waals surface area (Å²) in [5, 5.41) is 4.41. The fraction of sp³-hybridized carbons (Fsp3) is 0.435. The van der Waals surface area contributed by atoms with Crippen molar-refractivity contribution in [2.24, 2.45) is 0 Å². The van der Waals surface area contributed by atoms with Gasteiger partial charge in [-0.3, -0.25) is 4.98 Å². The van der Waals surface area contributed by atoms with Crippen molar-refractivity contribution >= 4 is 41.2 Å². The van der Waals surface area contributed by atoms with E-state index in [4.69, 9.17) is 0 Å². The van der Waals surface area contributed by atoms with Crippen molar-refractivity contribution < 1.29 is 17.7 Å². The molecule has 2 aromatic heterocycles. The largest absolute Gasteiger partial charge is 0.365 e. The summed E-state index contributed by atoms with van der Waals surface area (Å²) < 4.78 is 56.7. The molecule has 180 valence electrons. The minimum absolute atomic E-state index is 0.0272. The number of benzene rings is 1. The second-order valence-corrected chi connectivity index (χ2v) is 13.2. The summed E-state index contributed by atoms with van der Waals surface area (Å²) in [6.07, 6.45) is 2.39. The van der Waals surface area contributed by atoms with Gasteiger partial charge in [0.15, 0.2) is 0 Å². The van der Waals surface area contributed by atoms with Crippen LogP contribution in [0, 0.1) is 12.7 Å². The summed E-state index contributed by atoms with van der Waals surface area (Å²) in [6, 6.07) is 5.72. The number of halogens is 3. The van der Waals surface area contributed by atoms with Crippen LogP contribution < -0.4 is 10.8 Å². The highest BCUT2D eigenvalue weighted by atomic mass is 32.2. The highest BCUT2D eigenvalue weighted by Crippen LogP contribution is 2.48. The zero-order valence-corrected chi connectivity index (χ0v) is 20.4. The summed E-state index contributed by atoms with van der Waals surface area (Å²) in [7, 11) is -2.66. The number of alkyl halides is 2. The number of nitrogens with one attached hydrogen (secondary N) is 1. The molecule has 0 atom stereocenters. The molecule has 1 saturated heterocycles. The zero-order chi connectivity index (χ0) is 23.9. The highest BCUT2D eigenvalue weighted by Gasteiger charge is 2.35.